The molecule has 1 aliphatic carbocycles. The molecule has 0 radical (unpaired) electrons. The largest absolute Gasteiger partial charge is 0.155 e. The fourth-order valence-corrected chi connectivity index (χ4v) is 3.33. The van der Waals surface area contributed by atoms with E-state index in [0.29, 0.717) is 0 Å². The topological polar surface area (TPSA) is 0 Å². The molecule has 1 rings (SSSR count). The molecule has 1 saturated carbocycles. The van der Waals surface area contributed by atoms with Crippen molar-refractivity contribution in [1.29, 1.82) is 0 Å². The molecule has 1 heteroatoms. The minimum Gasteiger partial charge on any atom is -0.155 e. The SMILES string of the molecule is CC(C)S[C@@H](C(C)C)C1CCC1. The van der Waals surface area contributed by atoms with Gasteiger partial charge in [-0.05, 0) is 29.9 Å². The molecule has 0 unspecified atom stereocenters. The molecule has 1 aliphatic rings. The fourth-order valence-electron chi connectivity index (χ4n) is 1.90. The van der Waals surface area contributed by atoms with Crippen LogP contribution < -0.4 is 0 Å². The highest BCUT2D eigenvalue weighted by Crippen LogP contribution is 2.40. The zero-order chi connectivity index (χ0) is 9.14. The first-order chi connectivity index (χ1) is 5.61. The summed E-state index contributed by atoms with van der Waals surface area (Å²) in [6, 6.07) is 0. The molecule has 0 amide bonds. The second kappa shape index (κ2) is 4.55. The van der Waals surface area contributed by atoms with E-state index in [0.717, 1.165) is 22.3 Å². The van der Waals surface area contributed by atoms with Gasteiger partial charge in [0.05, 0.1) is 0 Å². The Morgan fingerprint density at radius 1 is 1.08 bits per heavy atom. The summed E-state index contributed by atoms with van der Waals surface area (Å²) in [5.41, 5.74) is 0. The highest BCUT2D eigenvalue weighted by molar-refractivity contribution is 8.00. The molecule has 1 fully saturated rings. The van der Waals surface area contributed by atoms with Crippen LogP contribution in [0.15, 0.2) is 0 Å². The predicted molar refractivity (Wildman–Crippen MR) is 58.7 cm³/mol. The Labute approximate surface area is 81.5 Å². The van der Waals surface area contributed by atoms with Crippen LogP contribution in [0, 0.1) is 11.8 Å². The lowest BCUT2D eigenvalue weighted by molar-refractivity contribution is 0.274. The van der Waals surface area contributed by atoms with Gasteiger partial charge < -0.3 is 0 Å². The summed E-state index contributed by atoms with van der Waals surface area (Å²) in [6.07, 6.45) is 4.46. The third-order valence-corrected chi connectivity index (χ3v) is 4.49. The third-order valence-electron chi connectivity index (χ3n) is 2.70. The number of rotatable bonds is 4. The quantitative estimate of drug-likeness (QED) is 0.640. The lowest BCUT2D eigenvalue weighted by Crippen LogP contribution is -2.29. The Bertz CT molecular complexity index is 125. The van der Waals surface area contributed by atoms with E-state index in [1.54, 1.807) is 0 Å². The van der Waals surface area contributed by atoms with Crippen LogP contribution >= 0.6 is 11.8 Å². The maximum Gasteiger partial charge on any atom is 0.0101 e. The molecule has 0 heterocycles. The molecular formula is C11H22S. The molecule has 72 valence electrons. The first-order valence-corrected chi connectivity index (χ1v) is 6.21. The molecule has 0 aromatic heterocycles. The molecule has 12 heavy (non-hydrogen) atoms. The maximum absolute atomic E-state index is 2.37. The van der Waals surface area contributed by atoms with Gasteiger partial charge in [-0.15, -0.1) is 0 Å². The zero-order valence-electron chi connectivity index (χ0n) is 8.84. The lowest BCUT2D eigenvalue weighted by atomic mass is 9.79. The van der Waals surface area contributed by atoms with Crippen molar-refractivity contribution in [2.45, 2.75) is 57.5 Å². The highest BCUT2D eigenvalue weighted by atomic mass is 32.2. The second-order valence-corrected chi connectivity index (χ2v) is 6.34. The normalized spacial score (nSPS) is 21.5. The Balaban J connectivity index is 2.37. The van der Waals surface area contributed by atoms with Gasteiger partial charge in [-0.25, -0.2) is 0 Å². The van der Waals surface area contributed by atoms with E-state index in [1.165, 1.54) is 19.3 Å². The van der Waals surface area contributed by atoms with Crippen molar-refractivity contribution in [3.05, 3.63) is 0 Å². The Morgan fingerprint density at radius 2 is 1.67 bits per heavy atom. The van der Waals surface area contributed by atoms with E-state index in [-0.39, 0.29) is 0 Å². The summed E-state index contributed by atoms with van der Waals surface area (Å²) in [5.74, 6) is 1.90. The van der Waals surface area contributed by atoms with Crippen LogP contribution in [0.3, 0.4) is 0 Å². The summed E-state index contributed by atoms with van der Waals surface area (Å²) >= 11 is 2.19. The van der Waals surface area contributed by atoms with Crippen molar-refractivity contribution >= 4 is 11.8 Å². The Hall–Kier alpha value is 0.350. The standard InChI is InChI=1S/C11H22S/c1-8(2)11(12-9(3)4)10-6-5-7-10/h8-11H,5-7H2,1-4H3/t11-/m0/s1. The molecule has 0 bridgehead atoms. The molecule has 0 N–H and O–H groups in total. The molecule has 0 spiro atoms. The van der Waals surface area contributed by atoms with Crippen LogP contribution in [0.1, 0.15) is 47.0 Å². The van der Waals surface area contributed by atoms with E-state index in [1.807, 2.05) is 0 Å². The fraction of sp³-hybridized carbons (Fsp3) is 1.00. The van der Waals surface area contributed by atoms with Crippen LogP contribution in [0.2, 0.25) is 0 Å². The molecule has 0 aromatic carbocycles. The Kier molecular flexibility index (Phi) is 3.95. The zero-order valence-corrected chi connectivity index (χ0v) is 9.66. The van der Waals surface area contributed by atoms with E-state index >= 15 is 0 Å². The predicted octanol–water partition coefficient (Wildman–Crippen LogP) is 3.95. The first kappa shape index (κ1) is 10.4. The van der Waals surface area contributed by atoms with Crippen molar-refractivity contribution in [2.75, 3.05) is 0 Å². The summed E-state index contributed by atoms with van der Waals surface area (Å²) in [6.45, 7) is 9.38. The van der Waals surface area contributed by atoms with E-state index < -0.39 is 0 Å². The number of hydrogen-bond acceptors (Lipinski definition) is 1. The van der Waals surface area contributed by atoms with Crippen molar-refractivity contribution in [2.24, 2.45) is 11.8 Å². The molecule has 0 nitrogen and oxygen atoms in total. The van der Waals surface area contributed by atoms with Gasteiger partial charge in [0.25, 0.3) is 0 Å². The summed E-state index contributed by atoms with van der Waals surface area (Å²) in [4.78, 5) is 0. The summed E-state index contributed by atoms with van der Waals surface area (Å²) in [7, 11) is 0. The summed E-state index contributed by atoms with van der Waals surface area (Å²) in [5, 5.41) is 1.73. The van der Waals surface area contributed by atoms with Crippen molar-refractivity contribution in [3.63, 3.8) is 0 Å². The smallest absolute Gasteiger partial charge is 0.0101 e. The average Bonchev–Trinajstić information content (AvgIpc) is 1.80. The van der Waals surface area contributed by atoms with E-state index in [2.05, 4.69) is 39.5 Å². The molecule has 0 saturated heterocycles. The highest BCUT2D eigenvalue weighted by Gasteiger charge is 2.30. The van der Waals surface area contributed by atoms with Crippen LogP contribution in [0.5, 0.6) is 0 Å². The van der Waals surface area contributed by atoms with Crippen LogP contribution in [-0.2, 0) is 0 Å². The van der Waals surface area contributed by atoms with Gasteiger partial charge in [0.2, 0.25) is 0 Å². The van der Waals surface area contributed by atoms with Crippen molar-refractivity contribution in [3.8, 4) is 0 Å². The molecule has 0 aromatic rings. The van der Waals surface area contributed by atoms with Gasteiger partial charge >= 0.3 is 0 Å². The lowest BCUT2D eigenvalue weighted by Gasteiger charge is -2.36. The number of thioether (sulfide) groups is 1. The van der Waals surface area contributed by atoms with Gasteiger partial charge in [0.1, 0.15) is 0 Å². The average molecular weight is 186 g/mol. The van der Waals surface area contributed by atoms with Gasteiger partial charge in [0, 0.05) is 5.25 Å². The molecular weight excluding hydrogens is 164 g/mol. The third kappa shape index (κ3) is 2.69. The van der Waals surface area contributed by atoms with Crippen molar-refractivity contribution in [1.82, 2.24) is 0 Å². The van der Waals surface area contributed by atoms with Gasteiger partial charge in [-0.1, -0.05) is 34.1 Å². The minimum atomic E-state index is 0.804. The van der Waals surface area contributed by atoms with Gasteiger partial charge in [0.15, 0.2) is 0 Å². The molecule has 1 atom stereocenters. The second-order valence-electron chi connectivity index (χ2n) is 4.58. The van der Waals surface area contributed by atoms with E-state index in [4.69, 9.17) is 0 Å². The van der Waals surface area contributed by atoms with Crippen LogP contribution in [-0.4, -0.2) is 10.5 Å². The maximum atomic E-state index is 2.37. The van der Waals surface area contributed by atoms with Gasteiger partial charge in [-0.2, -0.15) is 11.8 Å². The monoisotopic (exact) mass is 186 g/mol. The summed E-state index contributed by atoms with van der Waals surface area (Å²) < 4.78 is 0. The van der Waals surface area contributed by atoms with E-state index in [9.17, 15) is 0 Å². The van der Waals surface area contributed by atoms with Gasteiger partial charge in [-0.3, -0.25) is 0 Å². The van der Waals surface area contributed by atoms with Crippen LogP contribution in [0.25, 0.3) is 0 Å². The number of hydrogen-bond donors (Lipinski definition) is 0. The van der Waals surface area contributed by atoms with Crippen molar-refractivity contribution < 1.29 is 0 Å². The van der Waals surface area contributed by atoms with Crippen LogP contribution in [0.4, 0.5) is 0 Å². The Morgan fingerprint density at radius 3 is 1.92 bits per heavy atom. The minimum absolute atomic E-state index is 0.804. The molecule has 0 aliphatic heterocycles. The first-order valence-electron chi connectivity index (χ1n) is 5.26.